The van der Waals surface area contributed by atoms with Gasteiger partial charge in [-0.05, 0) is 37.3 Å². The summed E-state index contributed by atoms with van der Waals surface area (Å²) >= 11 is 6.85. The van der Waals surface area contributed by atoms with Gasteiger partial charge in [0.1, 0.15) is 11.6 Å². The molecule has 0 aromatic heterocycles. The summed E-state index contributed by atoms with van der Waals surface area (Å²) < 4.78 is 26.6. The molecule has 20 heavy (non-hydrogen) atoms. The third kappa shape index (κ3) is 3.30. The molecule has 1 heterocycles. The zero-order valence-electron chi connectivity index (χ0n) is 11.4. The lowest BCUT2D eigenvalue weighted by molar-refractivity contribution is 0.210. The van der Waals surface area contributed by atoms with Gasteiger partial charge in [0.2, 0.25) is 0 Å². The van der Waals surface area contributed by atoms with Crippen molar-refractivity contribution in [2.24, 2.45) is 5.73 Å². The summed E-state index contributed by atoms with van der Waals surface area (Å²) in [5, 5.41) is 0. The fourth-order valence-corrected chi connectivity index (χ4v) is 3.77. The second kappa shape index (κ2) is 6.37. The lowest BCUT2D eigenvalue weighted by atomic mass is 9.95. The van der Waals surface area contributed by atoms with Crippen LogP contribution in [0.3, 0.4) is 0 Å². The fraction of sp³-hybridized carbons (Fsp3) is 0.500. The van der Waals surface area contributed by atoms with Crippen molar-refractivity contribution in [2.45, 2.75) is 24.1 Å². The van der Waals surface area contributed by atoms with Gasteiger partial charge in [-0.3, -0.25) is 4.90 Å². The standard InChI is InChI=1S/C14H18F2N2S2/c1-20-14(13(17)19)4-6-18(7-5-14)9-10-8-11(15)2-3-12(10)16/h2-3,8H,4-7,9H2,1H3,(H2,17,19). The Kier molecular flexibility index (Phi) is 4.99. The quantitative estimate of drug-likeness (QED) is 0.865. The number of benzene rings is 1. The van der Waals surface area contributed by atoms with Crippen molar-refractivity contribution in [1.82, 2.24) is 4.90 Å². The number of rotatable bonds is 4. The summed E-state index contributed by atoms with van der Waals surface area (Å²) in [6.07, 6.45) is 3.71. The van der Waals surface area contributed by atoms with Crippen LogP contribution in [0.5, 0.6) is 0 Å². The molecule has 0 radical (unpaired) electrons. The molecule has 0 aliphatic carbocycles. The molecule has 1 saturated heterocycles. The zero-order chi connectivity index (χ0) is 14.8. The minimum Gasteiger partial charge on any atom is -0.392 e. The second-order valence-corrected chi connectivity index (χ2v) is 6.70. The summed E-state index contributed by atoms with van der Waals surface area (Å²) in [7, 11) is 0. The molecule has 1 aromatic rings. The van der Waals surface area contributed by atoms with Gasteiger partial charge in [-0.2, -0.15) is 11.8 Å². The van der Waals surface area contributed by atoms with Gasteiger partial charge in [0, 0.05) is 25.2 Å². The van der Waals surface area contributed by atoms with Crippen LogP contribution in [0.25, 0.3) is 0 Å². The van der Waals surface area contributed by atoms with Crippen LogP contribution in [0.1, 0.15) is 18.4 Å². The van der Waals surface area contributed by atoms with Crippen LogP contribution in [0.15, 0.2) is 18.2 Å². The number of hydrogen-bond donors (Lipinski definition) is 1. The van der Waals surface area contributed by atoms with Crippen molar-refractivity contribution in [1.29, 1.82) is 0 Å². The number of nitrogens with zero attached hydrogens (tertiary/aromatic N) is 1. The number of thiocarbonyl (C=S) groups is 1. The van der Waals surface area contributed by atoms with Crippen molar-refractivity contribution in [3.8, 4) is 0 Å². The van der Waals surface area contributed by atoms with E-state index in [-0.39, 0.29) is 10.6 Å². The van der Waals surface area contributed by atoms with E-state index in [4.69, 9.17) is 18.0 Å². The van der Waals surface area contributed by atoms with Crippen LogP contribution in [0, 0.1) is 11.6 Å². The third-order valence-electron chi connectivity index (χ3n) is 3.91. The van der Waals surface area contributed by atoms with E-state index in [0.29, 0.717) is 17.1 Å². The molecule has 1 aliphatic rings. The van der Waals surface area contributed by atoms with Crippen molar-refractivity contribution in [3.05, 3.63) is 35.4 Å². The monoisotopic (exact) mass is 316 g/mol. The molecule has 0 unspecified atom stereocenters. The third-order valence-corrected chi connectivity index (χ3v) is 5.83. The first kappa shape index (κ1) is 15.7. The number of hydrogen-bond acceptors (Lipinski definition) is 3. The fourth-order valence-electron chi connectivity index (χ4n) is 2.53. The van der Waals surface area contributed by atoms with Crippen LogP contribution in [-0.2, 0) is 6.54 Å². The van der Waals surface area contributed by atoms with E-state index in [0.717, 1.165) is 32.0 Å². The number of piperidine rings is 1. The van der Waals surface area contributed by atoms with Gasteiger partial charge in [0.05, 0.1) is 9.74 Å². The molecule has 1 aliphatic heterocycles. The van der Waals surface area contributed by atoms with Crippen molar-refractivity contribution in [3.63, 3.8) is 0 Å². The van der Waals surface area contributed by atoms with Crippen LogP contribution in [0.2, 0.25) is 0 Å². The molecule has 0 amide bonds. The molecule has 1 fully saturated rings. The minimum atomic E-state index is -0.403. The number of halogens is 2. The topological polar surface area (TPSA) is 29.3 Å². The highest BCUT2D eigenvalue weighted by molar-refractivity contribution is 8.02. The van der Waals surface area contributed by atoms with E-state index >= 15 is 0 Å². The van der Waals surface area contributed by atoms with E-state index in [1.165, 1.54) is 12.1 Å². The average molecular weight is 316 g/mol. The van der Waals surface area contributed by atoms with E-state index in [9.17, 15) is 8.78 Å². The molecular weight excluding hydrogens is 298 g/mol. The molecular formula is C14H18F2N2S2. The van der Waals surface area contributed by atoms with Crippen molar-refractivity contribution < 1.29 is 8.78 Å². The molecule has 0 saturated carbocycles. The summed E-state index contributed by atoms with van der Waals surface area (Å²) in [4.78, 5) is 2.66. The Bertz CT molecular complexity index is 500. The van der Waals surface area contributed by atoms with Gasteiger partial charge < -0.3 is 5.73 Å². The first-order chi connectivity index (χ1) is 9.47. The normalized spacial score (nSPS) is 18.9. The molecule has 0 bridgehead atoms. The SMILES string of the molecule is CSC1(C(N)=S)CCN(Cc2cc(F)ccc2F)CC1. The van der Waals surface area contributed by atoms with Crippen molar-refractivity contribution in [2.75, 3.05) is 19.3 Å². The minimum absolute atomic E-state index is 0.147. The highest BCUT2D eigenvalue weighted by Crippen LogP contribution is 2.35. The van der Waals surface area contributed by atoms with Crippen LogP contribution >= 0.6 is 24.0 Å². The summed E-state index contributed by atoms with van der Waals surface area (Å²) in [6, 6.07) is 3.58. The lowest BCUT2D eigenvalue weighted by Crippen LogP contribution is -2.49. The maximum atomic E-state index is 13.6. The van der Waals surface area contributed by atoms with Crippen LogP contribution in [-0.4, -0.2) is 34.0 Å². The van der Waals surface area contributed by atoms with Gasteiger partial charge in [-0.25, -0.2) is 8.78 Å². The van der Waals surface area contributed by atoms with Gasteiger partial charge in [-0.15, -0.1) is 0 Å². The van der Waals surface area contributed by atoms with Crippen LogP contribution in [0.4, 0.5) is 8.78 Å². The molecule has 2 rings (SSSR count). The Balaban J connectivity index is 2.01. The maximum Gasteiger partial charge on any atom is 0.127 e. The molecule has 6 heteroatoms. The number of thioether (sulfide) groups is 1. The largest absolute Gasteiger partial charge is 0.392 e. The number of likely N-dealkylation sites (tertiary alicyclic amines) is 1. The smallest absolute Gasteiger partial charge is 0.127 e. The Morgan fingerprint density at radius 3 is 2.60 bits per heavy atom. The zero-order valence-corrected chi connectivity index (χ0v) is 13.0. The summed E-state index contributed by atoms with van der Waals surface area (Å²) in [6.45, 7) is 1.99. The van der Waals surface area contributed by atoms with E-state index in [1.807, 2.05) is 6.26 Å². The maximum absolute atomic E-state index is 13.6. The average Bonchev–Trinajstić information content (AvgIpc) is 2.43. The van der Waals surface area contributed by atoms with Crippen LogP contribution < -0.4 is 5.73 Å². The predicted octanol–water partition coefficient (Wildman–Crippen LogP) is 2.95. The summed E-state index contributed by atoms with van der Waals surface area (Å²) in [5.41, 5.74) is 6.24. The first-order valence-corrected chi connectivity index (χ1v) is 8.11. The molecule has 1 aromatic carbocycles. The molecule has 2 N–H and O–H groups in total. The Morgan fingerprint density at radius 1 is 1.40 bits per heavy atom. The lowest BCUT2D eigenvalue weighted by Gasteiger charge is -2.40. The second-order valence-electron chi connectivity index (χ2n) is 5.07. The van der Waals surface area contributed by atoms with Gasteiger partial charge >= 0.3 is 0 Å². The Labute approximate surface area is 127 Å². The highest BCUT2D eigenvalue weighted by Gasteiger charge is 2.36. The van der Waals surface area contributed by atoms with Gasteiger partial charge in [0.15, 0.2) is 0 Å². The van der Waals surface area contributed by atoms with Crippen molar-refractivity contribution >= 4 is 29.0 Å². The van der Waals surface area contributed by atoms with E-state index in [2.05, 4.69) is 4.90 Å². The molecule has 0 spiro atoms. The number of nitrogens with two attached hydrogens (primary N) is 1. The van der Waals surface area contributed by atoms with E-state index in [1.54, 1.807) is 11.8 Å². The molecule has 110 valence electrons. The van der Waals surface area contributed by atoms with Gasteiger partial charge in [0.25, 0.3) is 0 Å². The summed E-state index contributed by atoms with van der Waals surface area (Å²) in [5.74, 6) is -0.762. The predicted molar refractivity (Wildman–Crippen MR) is 83.9 cm³/mol. The van der Waals surface area contributed by atoms with Gasteiger partial charge in [-0.1, -0.05) is 12.2 Å². The highest BCUT2D eigenvalue weighted by atomic mass is 32.2. The van der Waals surface area contributed by atoms with E-state index < -0.39 is 5.82 Å². The first-order valence-electron chi connectivity index (χ1n) is 6.48. The Morgan fingerprint density at radius 2 is 2.05 bits per heavy atom. The molecule has 0 atom stereocenters. The molecule has 2 nitrogen and oxygen atoms in total. The Hall–Kier alpha value is -0.720.